The largest absolute Gasteiger partial charge is 0.465 e. The molecule has 1 aromatic rings. The summed E-state index contributed by atoms with van der Waals surface area (Å²) in [6.07, 6.45) is 21.7. The van der Waals surface area contributed by atoms with E-state index in [9.17, 15) is 4.79 Å². The van der Waals surface area contributed by atoms with Crippen molar-refractivity contribution in [1.29, 1.82) is 0 Å². The van der Waals surface area contributed by atoms with E-state index in [4.69, 9.17) is 16.2 Å². The number of hydrogen-bond acceptors (Lipinski definition) is 4. The second-order valence-corrected chi connectivity index (χ2v) is 8.66. The first-order valence-electron chi connectivity index (χ1n) is 12.4. The predicted octanol–water partition coefficient (Wildman–Crippen LogP) is 7.20. The van der Waals surface area contributed by atoms with Crippen LogP contribution in [0.15, 0.2) is 18.2 Å². The number of esters is 1. The van der Waals surface area contributed by atoms with Crippen molar-refractivity contribution in [2.24, 2.45) is 0 Å². The Balaban J connectivity index is 1.82. The average molecular weight is 419 g/mol. The SMILES string of the molecule is CCCCCCCCCCCCCCCCCCOC(=O)Cc1ccc(N)cc1N. The fourth-order valence-electron chi connectivity index (χ4n) is 3.82. The number of unbranched alkanes of at least 4 members (excludes halogenated alkanes) is 15. The van der Waals surface area contributed by atoms with Crippen LogP contribution in [0.3, 0.4) is 0 Å². The number of carbonyl (C=O) groups is 1. The molecular formula is C26H46N2O2. The Bertz CT molecular complexity index is 560. The lowest BCUT2D eigenvalue weighted by atomic mass is 10.0. The fraction of sp³-hybridized carbons (Fsp3) is 0.731. The standard InChI is InChI=1S/C26H46N2O2/c1-2-3-4-5-6-7-8-9-10-11-12-13-14-15-16-17-20-30-26(29)21-23-18-19-24(27)22-25(23)28/h18-19,22H,2-17,20-21,27-28H2,1H3. The summed E-state index contributed by atoms with van der Waals surface area (Å²) < 4.78 is 5.32. The van der Waals surface area contributed by atoms with Crippen LogP contribution in [0.25, 0.3) is 0 Å². The van der Waals surface area contributed by atoms with Gasteiger partial charge < -0.3 is 16.2 Å². The first-order chi connectivity index (χ1) is 14.6. The van der Waals surface area contributed by atoms with E-state index in [0.717, 1.165) is 18.4 Å². The molecule has 1 rings (SSSR count). The van der Waals surface area contributed by atoms with Gasteiger partial charge in [-0.1, -0.05) is 109 Å². The maximum Gasteiger partial charge on any atom is 0.310 e. The smallest absolute Gasteiger partial charge is 0.310 e. The summed E-state index contributed by atoms with van der Waals surface area (Å²) in [6.45, 7) is 2.78. The normalized spacial score (nSPS) is 11.0. The van der Waals surface area contributed by atoms with Gasteiger partial charge in [-0.15, -0.1) is 0 Å². The molecule has 0 aromatic heterocycles. The van der Waals surface area contributed by atoms with Crippen LogP contribution < -0.4 is 11.5 Å². The van der Waals surface area contributed by atoms with Gasteiger partial charge in [0.2, 0.25) is 0 Å². The number of carbonyl (C=O) groups excluding carboxylic acids is 1. The van der Waals surface area contributed by atoms with Crippen molar-refractivity contribution in [1.82, 2.24) is 0 Å². The van der Waals surface area contributed by atoms with Crippen molar-refractivity contribution in [2.75, 3.05) is 18.1 Å². The zero-order valence-corrected chi connectivity index (χ0v) is 19.4. The molecule has 0 saturated carbocycles. The molecule has 0 fully saturated rings. The highest BCUT2D eigenvalue weighted by atomic mass is 16.5. The van der Waals surface area contributed by atoms with Crippen LogP contribution in [-0.4, -0.2) is 12.6 Å². The number of benzene rings is 1. The monoisotopic (exact) mass is 418 g/mol. The van der Waals surface area contributed by atoms with Crippen LogP contribution in [0, 0.1) is 0 Å². The molecule has 0 spiro atoms. The Morgan fingerprint density at radius 2 is 1.20 bits per heavy atom. The van der Waals surface area contributed by atoms with E-state index >= 15 is 0 Å². The number of rotatable bonds is 19. The first kappa shape index (κ1) is 26.3. The third-order valence-electron chi connectivity index (χ3n) is 5.77. The topological polar surface area (TPSA) is 78.3 Å². The summed E-state index contributed by atoms with van der Waals surface area (Å²) in [5.74, 6) is -0.215. The Kier molecular flexibility index (Phi) is 15.9. The summed E-state index contributed by atoms with van der Waals surface area (Å²) in [5, 5.41) is 0. The number of hydrogen-bond donors (Lipinski definition) is 2. The maximum absolute atomic E-state index is 11.9. The lowest BCUT2D eigenvalue weighted by Gasteiger charge is -2.08. The number of anilines is 2. The predicted molar refractivity (Wildman–Crippen MR) is 129 cm³/mol. The van der Waals surface area contributed by atoms with Gasteiger partial charge in [0.15, 0.2) is 0 Å². The molecule has 0 bridgehead atoms. The molecule has 0 aliphatic carbocycles. The molecule has 4 N–H and O–H groups in total. The summed E-state index contributed by atoms with van der Waals surface area (Å²) in [5.41, 5.74) is 13.5. The Morgan fingerprint density at radius 1 is 0.733 bits per heavy atom. The van der Waals surface area contributed by atoms with Crippen molar-refractivity contribution < 1.29 is 9.53 Å². The van der Waals surface area contributed by atoms with E-state index < -0.39 is 0 Å². The molecule has 0 heterocycles. The lowest BCUT2D eigenvalue weighted by Crippen LogP contribution is -2.10. The quantitative estimate of drug-likeness (QED) is 0.141. The Morgan fingerprint density at radius 3 is 1.67 bits per heavy atom. The van der Waals surface area contributed by atoms with E-state index in [0.29, 0.717) is 18.0 Å². The average Bonchev–Trinajstić information content (AvgIpc) is 2.72. The van der Waals surface area contributed by atoms with Gasteiger partial charge in [-0.3, -0.25) is 4.79 Å². The molecule has 0 radical (unpaired) electrons. The van der Waals surface area contributed by atoms with Gasteiger partial charge in [-0.25, -0.2) is 0 Å². The van der Waals surface area contributed by atoms with Crippen molar-refractivity contribution in [3.05, 3.63) is 23.8 Å². The Hall–Kier alpha value is -1.71. The lowest BCUT2D eigenvalue weighted by molar-refractivity contribution is -0.142. The van der Waals surface area contributed by atoms with Gasteiger partial charge in [0.25, 0.3) is 0 Å². The van der Waals surface area contributed by atoms with Gasteiger partial charge in [0, 0.05) is 11.4 Å². The van der Waals surface area contributed by atoms with E-state index in [1.54, 1.807) is 18.2 Å². The van der Waals surface area contributed by atoms with Gasteiger partial charge in [-0.05, 0) is 24.1 Å². The van der Waals surface area contributed by atoms with Crippen LogP contribution in [0.5, 0.6) is 0 Å². The molecule has 0 aliphatic heterocycles. The maximum atomic E-state index is 11.9. The molecule has 172 valence electrons. The van der Waals surface area contributed by atoms with E-state index in [2.05, 4.69) is 6.92 Å². The molecule has 4 nitrogen and oxygen atoms in total. The van der Waals surface area contributed by atoms with Crippen LogP contribution in [-0.2, 0) is 16.0 Å². The molecule has 4 heteroatoms. The van der Waals surface area contributed by atoms with Crippen molar-refractivity contribution in [2.45, 2.75) is 116 Å². The molecule has 30 heavy (non-hydrogen) atoms. The third-order valence-corrected chi connectivity index (χ3v) is 5.77. The highest BCUT2D eigenvalue weighted by Gasteiger charge is 2.08. The second kappa shape index (κ2) is 18.1. The molecule has 0 unspecified atom stereocenters. The van der Waals surface area contributed by atoms with Gasteiger partial charge in [-0.2, -0.15) is 0 Å². The van der Waals surface area contributed by atoms with E-state index in [1.807, 2.05) is 0 Å². The fourth-order valence-corrected chi connectivity index (χ4v) is 3.82. The first-order valence-corrected chi connectivity index (χ1v) is 12.4. The van der Waals surface area contributed by atoms with Crippen molar-refractivity contribution in [3.8, 4) is 0 Å². The Labute approximate surface area is 185 Å². The minimum atomic E-state index is -0.215. The van der Waals surface area contributed by atoms with Crippen molar-refractivity contribution in [3.63, 3.8) is 0 Å². The van der Waals surface area contributed by atoms with Crippen molar-refractivity contribution >= 4 is 17.3 Å². The van der Waals surface area contributed by atoms with Crippen LogP contribution in [0.4, 0.5) is 11.4 Å². The minimum Gasteiger partial charge on any atom is -0.465 e. The number of nitrogen functional groups attached to an aromatic ring is 2. The highest BCUT2D eigenvalue weighted by molar-refractivity contribution is 5.75. The molecular weight excluding hydrogens is 372 g/mol. The van der Waals surface area contributed by atoms with E-state index in [1.165, 1.54) is 89.9 Å². The van der Waals surface area contributed by atoms with Crippen LogP contribution in [0.1, 0.15) is 115 Å². The minimum absolute atomic E-state index is 0.213. The molecule has 0 aliphatic rings. The molecule has 0 amide bonds. The van der Waals surface area contributed by atoms with E-state index in [-0.39, 0.29) is 12.4 Å². The molecule has 0 atom stereocenters. The number of ether oxygens (including phenoxy) is 1. The summed E-state index contributed by atoms with van der Waals surface area (Å²) in [7, 11) is 0. The summed E-state index contributed by atoms with van der Waals surface area (Å²) in [6, 6.07) is 5.23. The molecule has 1 aromatic carbocycles. The second-order valence-electron chi connectivity index (χ2n) is 8.66. The van der Waals surface area contributed by atoms with Crippen LogP contribution >= 0.6 is 0 Å². The highest BCUT2D eigenvalue weighted by Crippen LogP contribution is 2.17. The number of nitrogens with two attached hydrogens (primary N) is 2. The summed E-state index contributed by atoms with van der Waals surface area (Å²) >= 11 is 0. The van der Waals surface area contributed by atoms with Gasteiger partial charge >= 0.3 is 5.97 Å². The van der Waals surface area contributed by atoms with Crippen LogP contribution in [0.2, 0.25) is 0 Å². The van der Waals surface area contributed by atoms with Gasteiger partial charge in [0.05, 0.1) is 13.0 Å². The third kappa shape index (κ3) is 14.3. The zero-order chi connectivity index (χ0) is 21.9. The zero-order valence-electron chi connectivity index (χ0n) is 19.4. The summed E-state index contributed by atoms with van der Waals surface area (Å²) in [4.78, 5) is 11.9. The molecule has 0 saturated heterocycles. The van der Waals surface area contributed by atoms with Gasteiger partial charge in [0.1, 0.15) is 0 Å².